The summed E-state index contributed by atoms with van der Waals surface area (Å²) in [5.74, 6) is 1.01. The Labute approximate surface area is 121 Å². The number of benzene rings is 2. The van der Waals surface area contributed by atoms with Gasteiger partial charge in [-0.1, -0.05) is 34.1 Å². The van der Waals surface area contributed by atoms with Crippen LogP contribution in [0.4, 0.5) is 0 Å². The first-order valence-corrected chi connectivity index (χ1v) is 7.11. The minimum Gasteiger partial charge on any atom is -0.342 e. The van der Waals surface area contributed by atoms with Crippen molar-refractivity contribution in [3.63, 3.8) is 0 Å². The fraction of sp³-hybridized carbons (Fsp3) is 0.188. The summed E-state index contributed by atoms with van der Waals surface area (Å²) >= 11 is 3.48. The number of hydrogen-bond acceptors (Lipinski definition) is 1. The van der Waals surface area contributed by atoms with Crippen LogP contribution in [0, 0.1) is 13.8 Å². The van der Waals surface area contributed by atoms with Gasteiger partial charge in [-0.2, -0.15) is 0 Å². The lowest BCUT2D eigenvalue weighted by Crippen LogP contribution is -1.92. The van der Waals surface area contributed by atoms with Crippen LogP contribution < -0.4 is 0 Å². The van der Waals surface area contributed by atoms with Crippen LogP contribution >= 0.6 is 15.9 Å². The fourth-order valence-electron chi connectivity index (χ4n) is 2.23. The third kappa shape index (κ3) is 2.56. The minimum absolute atomic E-state index is 0.841. The lowest BCUT2D eigenvalue weighted by atomic mass is 10.0. The summed E-state index contributed by atoms with van der Waals surface area (Å²) in [6, 6.07) is 12.7. The summed E-state index contributed by atoms with van der Waals surface area (Å²) in [7, 11) is 0. The molecule has 1 N–H and O–H groups in total. The molecule has 0 aliphatic carbocycles. The number of hydrogen-bond donors (Lipinski definition) is 1. The zero-order chi connectivity index (χ0) is 13.4. The Morgan fingerprint density at radius 1 is 1.05 bits per heavy atom. The average Bonchev–Trinajstić information content (AvgIpc) is 2.75. The molecule has 1 aromatic heterocycles. The predicted molar refractivity (Wildman–Crippen MR) is 82.5 cm³/mol. The Kier molecular flexibility index (Phi) is 3.15. The zero-order valence-electron chi connectivity index (χ0n) is 11.0. The molecule has 0 amide bonds. The van der Waals surface area contributed by atoms with E-state index >= 15 is 0 Å². The summed E-state index contributed by atoms with van der Waals surface area (Å²) in [6.07, 6.45) is 0.841. The van der Waals surface area contributed by atoms with Gasteiger partial charge in [0.25, 0.3) is 0 Å². The number of rotatable bonds is 2. The minimum atomic E-state index is 0.841. The summed E-state index contributed by atoms with van der Waals surface area (Å²) in [5, 5.41) is 0. The Hall–Kier alpha value is -1.61. The van der Waals surface area contributed by atoms with Crippen molar-refractivity contribution in [3.05, 3.63) is 63.4 Å². The molecule has 0 spiro atoms. The van der Waals surface area contributed by atoms with Crippen molar-refractivity contribution >= 4 is 27.0 Å². The Balaban J connectivity index is 1.94. The summed E-state index contributed by atoms with van der Waals surface area (Å²) in [5.41, 5.74) is 6.05. The number of nitrogens with zero attached hydrogens (tertiary/aromatic N) is 1. The van der Waals surface area contributed by atoms with Crippen molar-refractivity contribution in [3.8, 4) is 0 Å². The highest BCUT2D eigenvalue weighted by molar-refractivity contribution is 9.10. The average molecular weight is 315 g/mol. The molecule has 0 saturated heterocycles. The number of imidazole rings is 1. The molecule has 0 fully saturated rings. The number of nitrogens with one attached hydrogen (secondary N) is 1. The molecule has 96 valence electrons. The number of aryl methyl sites for hydroxylation is 2. The highest BCUT2D eigenvalue weighted by Gasteiger charge is 2.05. The van der Waals surface area contributed by atoms with Crippen molar-refractivity contribution < 1.29 is 0 Å². The SMILES string of the molecule is Cc1ccc(Cc2nc3ccc(Br)cc3[nH]2)cc1C. The van der Waals surface area contributed by atoms with Gasteiger partial charge < -0.3 is 4.98 Å². The van der Waals surface area contributed by atoms with E-state index in [-0.39, 0.29) is 0 Å². The molecular formula is C16H15BrN2. The summed E-state index contributed by atoms with van der Waals surface area (Å²) in [4.78, 5) is 8.00. The fourth-order valence-corrected chi connectivity index (χ4v) is 2.59. The van der Waals surface area contributed by atoms with Gasteiger partial charge in [0.2, 0.25) is 0 Å². The first kappa shape index (κ1) is 12.4. The molecule has 0 saturated carbocycles. The molecule has 3 heteroatoms. The summed E-state index contributed by atoms with van der Waals surface area (Å²) in [6.45, 7) is 4.28. The van der Waals surface area contributed by atoms with Crippen LogP contribution in [-0.2, 0) is 6.42 Å². The molecule has 0 aliphatic rings. The van der Waals surface area contributed by atoms with E-state index in [0.717, 1.165) is 27.8 Å². The standard InChI is InChI=1S/C16H15BrN2/c1-10-3-4-12(7-11(10)2)8-16-18-14-6-5-13(17)9-15(14)19-16/h3-7,9H,8H2,1-2H3,(H,18,19). The molecule has 3 rings (SSSR count). The quantitative estimate of drug-likeness (QED) is 0.739. The number of aromatic amines is 1. The highest BCUT2D eigenvalue weighted by Crippen LogP contribution is 2.19. The normalized spacial score (nSPS) is 11.1. The number of fused-ring (bicyclic) bond motifs is 1. The largest absolute Gasteiger partial charge is 0.342 e. The second-order valence-corrected chi connectivity index (χ2v) is 5.86. The van der Waals surface area contributed by atoms with Crippen molar-refractivity contribution in [2.75, 3.05) is 0 Å². The van der Waals surface area contributed by atoms with Crippen molar-refractivity contribution in [1.29, 1.82) is 0 Å². The smallest absolute Gasteiger partial charge is 0.111 e. The summed E-state index contributed by atoms with van der Waals surface area (Å²) < 4.78 is 1.07. The third-order valence-electron chi connectivity index (χ3n) is 3.44. The second kappa shape index (κ2) is 4.82. The Morgan fingerprint density at radius 2 is 1.89 bits per heavy atom. The molecule has 0 radical (unpaired) electrons. The van der Waals surface area contributed by atoms with E-state index in [1.165, 1.54) is 16.7 Å². The highest BCUT2D eigenvalue weighted by atomic mass is 79.9. The maximum Gasteiger partial charge on any atom is 0.111 e. The van der Waals surface area contributed by atoms with Gasteiger partial charge in [-0.3, -0.25) is 0 Å². The number of halogens is 1. The monoisotopic (exact) mass is 314 g/mol. The molecule has 0 aliphatic heterocycles. The van der Waals surface area contributed by atoms with Gasteiger partial charge in [-0.25, -0.2) is 4.98 Å². The van der Waals surface area contributed by atoms with Gasteiger partial charge in [0, 0.05) is 10.9 Å². The molecule has 19 heavy (non-hydrogen) atoms. The first-order chi connectivity index (χ1) is 9.11. The van der Waals surface area contributed by atoms with E-state index in [1.807, 2.05) is 12.1 Å². The predicted octanol–water partition coefficient (Wildman–Crippen LogP) is 4.53. The van der Waals surface area contributed by atoms with Gasteiger partial charge in [-0.05, 0) is 48.7 Å². The van der Waals surface area contributed by atoms with Crippen molar-refractivity contribution in [2.24, 2.45) is 0 Å². The van der Waals surface area contributed by atoms with E-state index in [4.69, 9.17) is 0 Å². The molecule has 0 atom stereocenters. The van der Waals surface area contributed by atoms with E-state index in [0.29, 0.717) is 0 Å². The third-order valence-corrected chi connectivity index (χ3v) is 3.93. The lowest BCUT2D eigenvalue weighted by Gasteiger charge is -2.03. The van der Waals surface area contributed by atoms with Gasteiger partial charge in [0.1, 0.15) is 5.82 Å². The van der Waals surface area contributed by atoms with Crippen LogP contribution in [0.25, 0.3) is 11.0 Å². The van der Waals surface area contributed by atoms with Crippen LogP contribution in [0.5, 0.6) is 0 Å². The van der Waals surface area contributed by atoms with Gasteiger partial charge in [0.15, 0.2) is 0 Å². The van der Waals surface area contributed by atoms with Crippen molar-refractivity contribution in [1.82, 2.24) is 9.97 Å². The topological polar surface area (TPSA) is 28.7 Å². The number of aromatic nitrogens is 2. The Bertz CT molecular complexity index is 744. The van der Waals surface area contributed by atoms with Gasteiger partial charge >= 0.3 is 0 Å². The number of H-pyrrole nitrogens is 1. The molecule has 2 nitrogen and oxygen atoms in total. The van der Waals surface area contributed by atoms with Crippen LogP contribution in [0.2, 0.25) is 0 Å². The first-order valence-electron chi connectivity index (χ1n) is 6.32. The maximum atomic E-state index is 4.62. The van der Waals surface area contributed by atoms with Crippen molar-refractivity contribution in [2.45, 2.75) is 20.3 Å². The van der Waals surface area contributed by atoms with Crippen LogP contribution in [0.15, 0.2) is 40.9 Å². The molecule has 1 heterocycles. The van der Waals surface area contributed by atoms with Crippen LogP contribution in [0.3, 0.4) is 0 Å². The Morgan fingerprint density at radius 3 is 2.68 bits per heavy atom. The maximum absolute atomic E-state index is 4.62. The molecular weight excluding hydrogens is 300 g/mol. The molecule has 2 aromatic carbocycles. The molecule has 0 bridgehead atoms. The van der Waals surface area contributed by atoms with E-state index in [1.54, 1.807) is 0 Å². The lowest BCUT2D eigenvalue weighted by molar-refractivity contribution is 1.03. The van der Waals surface area contributed by atoms with Gasteiger partial charge in [0.05, 0.1) is 11.0 Å². The van der Waals surface area contributed by atoms with Crippen LogP contribution in [0.1, 0.15) is 22.5 Å². The molecule has 0 unspecified atom stereocenters. The van der Waals surface area contributed by atoms with Gasteiger partial charge in [-0.15, -0.1) is 0 Å². The van der Waals surface area contributed by atoms with E-state index < -0.39 is 0 Å². The molecule has 3 aromatic rings. The van der Waals surface area contributed by atoms with E-state index in [2.05, 4.69) is 64.0 Å². The second-order valence-electron chi connectivity index (χ2n) is 4.94. The van der Waals surface area contributed by atoms with Crippen LogP contribution in [-0.4, -0.2) is 9.97 Å². The zero-order valence-corrected chi connectivity index (χ0v) is 12.6. The van der Waals surface area contributed by atoms with E-state index in [9.17, 15) is 0 Å².